The number of amides is 2. The Bertz CT molecular complexity index is 1430. The van der Waals surface area contributed by atoms with Gasteiger partial charge in [-0.1, -0.05) is 55.0 Å². The van der Waals surface area contributed by atoms with Gasteiger partial charge in [0.25, 0.3) is 10.0 Å². The summed E-state index contributed by atoms with van der Waals surface area (Å²) < 4.78 is 29.2. The van der Waals surface area contributed by atoms with Gasteiger partial charge >= 0.3 is 0 Å². The summed E-state index contributed by atoms with van der Waals surface area (Å²) in [5.41, 5.74) is 4.97. The van der Waals surface area contributed by atoms with E-state index in [-0.39, 0.29) is 23.4 Å². The van der Waals surface area contributed by atoms with E-state index < -0.39 is 28.5 Å². The summed E-state index contributed by atoms with van der Waals surface area (Å²) >= 11 is 0. The predicted octanol–water partition coefficient (Wildman–Crippen LogP) is 5.45. The van der Waals surface area contributed by atoms with Crippen LogP contribution in [0.15, 0.2) is 71.6 Å². The van der Waals surface area contributed by atoms with Crippen molar-refractivity contribution in [3.8, 4) is 0 Å². The molecular weight excluding hydrogens is 522 g/mol. The lowest BCUT2D eigenvalue weighted by atomic mass is 10.1. The van der Waals surface area contributed by atoms with E-state index in [2.05, 4.69) is 5.32 Å². The van der Waals surface area contributed by atoms with E-state index in [0.29, 0.717) is 12.1 Å². The van der Waals surface area contributed by atoms with Crippen LogP contribution in [-0.4, -0.2) is 43.8 Å². The number of carbonyl (C=O) groups is 2. The smallest absolute Gasteiger partial charge is 0.264 e. The molecule has 0 aliphatic rings. The second kappa shape index (κ2) is 13.1. The van der Waals surface area contributed by atoms with Gasteiger partial charge in [0, 0.05) is 12.6 Å². The summed E-state index contributed by atoms with van der Waals surface area (Å²) in [6.45, 7) is 13.0. The maximum Gasteiger partial charge on any atom is 0.264 e. The summed E-state index contributed by atoms with van der Waals surface area (Å²) in [6.07, 6.45) is 0.379. The van der Waals surface area contributed by atoms with Crippen LogP contribution in [0.5, 0.6) is 0 Å². The molecule has 7 nitrogen and oxygen atoms in total. The van der Waals surface area contributed by atoms with Crippen molar-refractivity contribution in [1.29, 1.82) is 0 Å². The van der Waals surface area contributed by atoms with E-state index in [1.165, 1.54) is 4.90 Å². The second-order valence-electron chi connectivity index (χ2n) is 10.7. The quantitative estimate of drug-likeness (QED) is 0.336. The van der Waals surface area contributed by atoms with Crippen LogP contribution in [0.1, 0.15) is 55.0 Å². The average molecular weight is 564 g/mol. The molecule has 0 radical (unpaired) electrons. The summed E-state index contributed by atoms with van der Waals surface area (Å²) in [5.74, 6) is -0.720. The summed E-state index contributed by atoms with van der Waals surface area (Å²) in [4.78, 5) is 29.1. The van der Waals surface area contributed by atoms with E-state index >= 15 is 0 Å². The molecule has 0 aliphatic heterocycles. The van der Waals surface area contributed by atoms with Crippen molar-refractivity contribution in [1.82, 2.24) is 10.2 Å². The molecule has 1 atom stereocenters. The number of benzene rings is 3. The number of carbonyl (C=O) groups excluding carboxylic acids is 2. The van der Waals surface area contributed by atoms with Crippen LogP contribution in [0.4, 0.5) is 5.69 Å². The van der Waals surface area contributed by atoms with Crippen molar-refractivity contribution in [3.05, 3.63) is 94.5 Å². The molecule has 0 aromatic heterocycles. The lowest BCUT2D eigenvalue weighted by Crippen LogP contribution is -2.53. The fourth-order valence-electron chi connectivity index (χ4n) is 4.73. The van der Waals surface area contributed by atoms with Crippen molar-refractivity contribution < 1.29 is 18.0 Å². The van der Waals surface area contributed by atoms with Gasteiger partial charge in [-0.2, -0.15) is 0 Å². The third kappa shape index (κ3) is 7.50. The van der Waals surface area contributed by atoms with Crippen molar-refractivity contribution in [3.63, 3.8) is 0 Å². The average Bonchev–Trinajstić information content (AvgIpc) is 2.87. The van der Waals surface area contributed by atoms with Gasteiger partial charge in [-0.25, -0.2) is 8.42 Å². The number of nitrogens with one attached hydrogen (secondary N) is 1. The molecule has 3 aromatic rings. The Hall–Kier alpha value is -3.65. The first-order valence-electron chi connectivity index (χ1n) is 13.7. The Kier molecular flexibility index (Phi) is 10.1. The lowest BCUT2D eigenvalue weighted by molar-refractivity contribution is -0.140. The number of anilines is 1. The molecule has 0 aliphatic carbocycles. The van der Waals surface area contributed by atoms with Gasteiger partial charge in [0.15, 0.2) is 0 Å². The molecule has 0 heterocycles. The zero-order chi connectivity index (χ0) is 29.6. The Morgan fingerprint density at radius 2 is 1.45 bits per heavy atom. The molecule has 0 saturated heterocycles. The molecule has 40 heavy (non-hydrogen) atoms. The number of nitrogens with zero attached hydrogens (tertiary/aromatic N) is 2. The Balaban J connectivity index is 2.11. The van der Waals surface area contributed by atoms with Crippen LogP contribution < -0.4 is 9.62 Å². The second-order valence-corrected chi connectivity index (χ2v) is 12.6. The van der Waals surface area contributed by atoms with Crippen LogP contribution in [0, 0.1) is 27.7 Å². The summed E-state index contributed by atoms with van der Waals surface area (Å²) in [5, 5.41) is 2.93. The zero-order valence-corrected chi connectivity index (χ0v) is 25.4. The van der Waals surface area contributed by atoms with Gasteiger partial charge < -0.3 is 10.2 Å². The topological polar surface area (TPSA) is 86.8 Å². The van der Waals surface area contributed by atoms with Crippen LogP contribution in [0.2, 0.25) is 0 Å². The minimum Gasteiger partial charge on any atom is -0.352 e. The summed E-state index contributed by atoms with van der Waals surface area (Å²) in [6, 6.07) is 18.9. The van der Waals surface area contributed by atoms with Gasteiger partial charge in [-0.3, -0.25) is 13.9 Å². The first-order chi connectivity index (χ1) is 18.8. The Morgan fingerprint density at radius 3 is 2.00 bits per heavy atom. The number of aryl methyl sites for hydroxylation is 4. The number of hydrogen-bond donors (Lipinski definition) is 1. The monoisotopic (exact) mass is 563 g/mol. The molecule has 214 valence electrons. The number of sulfonamides is 1. The Labute approximate surface area is 239 Å². The van der Waals surface area contributed by atoms with Gasteiger partial charge in [0.1, 0.15) is 12.6 Å². The van der Waals surface area contributed by atoms with E-state index in [0.717, 1.165) is 32.1 Å². The maximum absolute atomic E-state index is 14.2. The molecule has 3 aromatic carbocycles. The van der Waals surface area contributed by atoms with Crippen LogP contribution in [-0.2, 0) is 26.2 Å². The minimum atomic E-state index is -4.10. The van der Waals surface area contributed by atoms with Crippen LogP contribution >= 0.6 is 0 Å². The molecule has 0 bridgehead atoms. The van der Waals surface area contributed by atoms with E-state index in [4.69, 9.17) is 0 Å². The van der Waals surface area contributed by atoms with Crippen molar-refractivity contribution in [2.45, 2.75) is 78.4 Å². The highest BCUT2D eigenvalue weighted by Crippen LogP contribution is 2.27. The molecule has 1 N–H and O–H groups in total. The highest BCUT2D eigenvalue weighted by Gasteiger charge is 2.34. The number of hydrogen-bond acceptors (Lipinski definition) is 4. The van der Waals surface area contributed by atoms with Gasteiger partial charge in [0.05, 0.1) is 10.6 Å². The van der Waals surface area contributed by atoms with Crippen LogP contribution in [0.25, 0.3) is 0 Å². The SMILES string of the molecule is CCC(C(=O)NC(C)C)N(Cc1ccccc1C)C(=O)CN(c1cc(C)cc(C)c1)S(=O)(=O)c1ccc(C)cc1. The molecular formula is C32H41N3O4S. The zero-order valence-electron chi connectivity index (χ0n) is 24.6. The fourth-order valence-corrected chi connectivity index (χ4v) is 6.13. The first kappa shape index (κ1) is 30.9. The Morgan fingerprint density at radius 1 is 0.850 bits per heavy atom. The third-order valence-corrected chi connectivity index (χ3v) is 8.59. The normalized spacial score (nSPS) is 12.2. The van der Waals surface area contributed by atoms with Crippen LogP contribution in [0.3, 0.4) is 0 Å². The van der Waals surface area contributed by atoms with E-state index in [9.17, 15) is 18.0 Å². The fraction of sp³-hybridized carbons (Fsp3) is 0.375. The highest BCUT2D eigenvalue weighted by atomic mass is 32.2. The molecule has 0 spiro atoms. The molecule has 0 saturated carbocycles. The maximum atomic E-state index is 14.2. The lowest BCUT2D eigenvalue weighted by Gasteiger charge is -2.34. The minimum absolute atomic E-state index is 0.0973. The van der Waals surface area contributed by atoms with Gasteiger partial charge in [0.2, 0.25) is 11.8 Å². The molecule has 8 heteroatoms. The van der Waals surface area contributed by atoms with Crippen molar-refractivity contribution in [2.24, 2.45) is 0 Å². The largest absolute Gasteiger partial charge is 0.352 e. The molecule has 0 fully saturated rings. The highest BCUT2D eigenvalue weighted by molar-refractivity contribution is 7.92. The summed E-state index contributed by atoms with van der Waals surface area (Å²) in [7, 11) is -4.10. The van der Waals surface area contributed by atoms with E-state index in [1.807, 2.05) is 78.8 Å². The first-order valence-corrected chi connectivity index (χ1v) is 15.1. The van der Waals surface area contributed by atoms with Gasteiger partial charge in [-0.15, -0.1) is 0 Å². The van der Waals surface area contributed by atoms with Crippen molar-refractivity contribution >= 4 is 27.5 Å². The third-order valence-electron chi connectivity index (χ3n) is 6.80. The molecule has 1 unspecified atom stereocenters. The van der Waals surface area contributed by atoms with E-state index in [1.54, 1.807) is 36.4 Å². The predicted molar refractivity (Wildman–Crippen MR) is 161 cm³/mol. The van der Waals surface area contributed by atoms with Gasteiger partial charge in [-0.05, 0) is 94.5 Å². The number of rotatable bonds is 11. The van der Waals surface area contributed by atoms with Crippen molar-refractivity contribution in [2.75, 3.05) is 10.8 Å². The standard InChI is InChI=1S/C32H41N3O4S/c1-8-30(32(37)33-22(2)3)34(20-27-12-10-9-11-26(27)7)31(36)21-35(28-18-24(5)17-25(6)19-28)40(38,39)29-15-13-23(4)14-16-29/h9-19,22,30H,8,20-21H2,1-7H3,(H,33,37). The molecule has 2 amide bonds. The molecule has 3 rings (SSSR count).